The summed E-state index contributed by atoms with van der Waals surface area (Å²) in [6.45, 7) is 2.45. The van der Waals surface area contributed by atoms with E-state index in [0.29, 0.717) is 6.04 Å². The topological polar surface area (TPSA) is 32.3 Å². The lowest BCUT2D eigenvalue weighted by Gasteiger charge is -2.17. The molecule has 1 aliphatic heterocycles. The summed E-state index contributed by atoms with van der Waals surface area (Å²) in [7, 11) is 0. The zero-order chi connectivity index (χ0) is 14.1. The molecule has 1 fully saturated rings. The van der Waals surface area contributed by atoms with Crippen molar-refractivity contribution in [3.05, 3.63) is 22.2 Å². The van der Waals surface area contributed by atoms with E-state index >= 15 is 0 Å². The van der Waals surface area contributed by atoms with Gasteiger partial charge in [0.05, 0.1) is 0 Å². The molecule has 20 heavy (non-hydrogen) atoms. The number of rotatable bonds is 3. The molecule has 3 nitrogen and oxygen atoms in total. The Kier molecular flexibility index (Phi) is 4.38. The number of carbonyl (C=O) groups is 1. The molecular weight excluding hydrogens is 336 g/mol. The van der Waals surface area contributed by atoms with E-state index in [1.165, 1.54) is 36.1 Å². The van der Waals surface area contributed by atoms with E-state index in [2.05, 4.69) is 32.8 Å². The molecule has 0 bridgehead atoms. The van der Waals surface area contributed by atoms with Gasteiger partial charge in [0.25, 0.3) is 0 Å². The van der Waals surface area contributed by atoms with Gasteiger partial charge in [-0.3, -0.25) is 9.52 Å². The van der Waals surface area contributed by atoms with Crippen LogP contribution in [0.4, 0.5) is 5.69 Å². The summed E-state index contributed by atoms with van der Waals surface area (Å²) >= 11 is 5.34. The number of amides is 1. The minimum absolute atomic E-state index is 0.130. The first-order chi connectivity index (χ1) is 9.65. The highest BCUT2D eigenvalue weighted by Gasteiger charge is 2.24. The SMILES string of the molecule is CC(=O)N1CCc2cc(Br)c(SNC3CCCC3)cc21. The molecule has 1 amide bonds. The molecule has 5 heteroatoms. The summed E-state index contributed by atoms with van der Waals surface area (Å²) < 4.78 is 4.68. The molecule has 1 aliphatic carbocycles. The van der Waals surface area contributed by atoms with Gasteiger partial charge in [-0.15, -0.1) is 0 Å². The molecule has 0 radical (unpaired) electrons. The summed E-state index contributed by atoms with van der Waals surface area (Å²) in [5.74, 6) is 0.130. The van der Waals surface area contributed by atoms with Gasteiger partial charge < -0.3 is 4.90 Å². The Hall–Kier alpha value is -0.520. The first-order valence-electron chi connectivity index (χ1n) is 7.18. The van der Waals surface area contributed by atoms with Crippen molar-refractivity contribution < 1.29 is 4.79 Å². The maximum Gasteiger partial charge on any atom is 0.223 e. The van der Waals surface area contributed by atoms with Crippen LogP contribution in [-0.2, 0) is 11.2 Å². The number of halogens is 1. The Morgan fingerprint density at radius 2 is 2.15 bits per heavy atom. The zero-order valence-electron chi connectivity index (χ0n) is 11.6. The van der Waals surface area contributed by atoms with Crippen molar-refractivity contribution >= 4 is 39.5 Å². The lowest BCUT2D eigenvalue weighted by molar-refractivity contribution is -0.116. The standard InChI is InChI=1S/C15H19BrN2OS/c1-10(19)18-7-6-11-8-13(16)15(9-14(11)18)20-17-12-4-2-3-5-12/h8-9,12,17H,2-7H2,1H3. The lowest BCUT2D eigenvalue weighted by Crippen LogP contribution is -2.25. The normalized spacial score (nSPS) is 18.6. The fraction of sp³-hybridized carbons (Fsp3) is 0.533. The van der Waals surface area contributed by atoms with Crippen LogP contribution in [0.1, 0.15) is 38.2 Å². The fourth-order valence-corrected chi connectivity index (χ4v) is 4.47. The van der Waals surface area contributed by atoms with Crippen molar-refractivity contribution in [3.8, 4) is 0 Å². The van der Waals surface area contributed by atoms with E-state index in [1.54, 1.807) is 18.9 Å². The zero-order valence-corrected chi connectivity index (χ0v) is 14.0. The van der Waals surface area contributed by atoms with Crippen LogP contribution in [0.5, 0.6) is 0 Å². The number of carbonyl (C=O) groups excluding carboxylic acids is 1. The number of benzene rings is 1. The van der Waals surface area contributed by atoms with Crippen molar-refractivity contribution in [1.29, 1.82) is 0 Å². The van der Waals surface area contributed by atoms with Crippen molar-refractivity contribution in [2.45, 2.75) is 50.0 Å². The quantitative estimate of drug-likeness (QED) is 0.835. The molecule has 1 aromatic carbocycles. The van der Waals surface area contributed by atoms with Crippen molar-refractivity contribution in [2.75, 3.05) is 11.4 Å². The van der Waals surface area contributed by atoms with E-state index in [4.69, 9.17) is 0 Å². The Bertz CT molecular complexity index is 529. The van der Waals surface area contributed by atoms with Gasteiger partial charge in [0.1, 0.15) is 0 Å². The Morgan fingerprint density at radius 1 is 1.40 bits per heavy atom. The molecule has 1 saturated carbocycles. The van der Waals surface area contributed by atoms with E-state index in [-0.39, 0.29) is 5.91 Å². The predicted octanol–water partition coefficient (Wildman–Crippen LogP) is 3.90. The van der Waals surface area contributed by atoms with Crippen LogP contribution < -0.4 is 9.62 Å². The second kappa shape index (κ2) is 6.08. The van der Waals surface area contributed by atoms with Crippen LogP contribution in [-0.4, -0.2) is 18.5 Å². The molecule has 1 heterocycles. The third-order valence-corrected chi connectivity index (χ3v) is 6.03. The molecule has 108 valence electrons. The maximum atomic E-state index is 11.7. The third-order valence-electron chi connectivity index (χ3n) is 4.10. The summed E-state index contributed by atoms with van der Waals surface area (Å²) in [6, 6.07) is 4.93. The minimum atomic E-state index is 0.130. The second-order valence-corrected chi connectivity index (χ2v) is 7.27. The Labute approximate surface area is 132 Å². The second-order valence-electron chi connectivity index (χ2n) is 5.53. The van der Waals surface area contributed by atoms with Crippen molar-refractivity contribution in [2.24, 2.45) is 0 Å². The molecule has 0 aromatic heterocycles. The van der Waals surface area contributed by atoms with Crippen LogP contribution >= 0.6 is 27.9 Å². The number of fused-ring (bicyclic) bond motifs is 1. The molecule has 0 unspecified atom stereocenters. The molecule has 0 saturated heterocycles. The highest BCUT2D eigenvalue weighted by Crippen LogP contribution is 2.37. The highest BCUT2D eigenvalue weighted by atomic mass is 79.9. The van der Waals surface area contributed by atoms with Gasteiger partial charge in [-0.25, -0.2) is 0 Å². The molecule has 0 atom stereocenters. The van der Waals surface area contributed by atoms with E-state index in [9.17, 15) is 4.79 Å². The van der Waals surface area contributed by atoms with Gasteiger partial charge >= 0.3 is 0 Å². The number of hydrogen-bond acceptors (Lipinski definition) is 3. The molecule has 1 aromatic rings. The van der Waals surface area contributed by atoms with E-state index in [0.717, 1.165) is 23.1 Å². The molecule has 3 rings (SSSR count). The average molecular weight is 355 g/mol. The summed E-state index contributed by atoms with van der Waals surface area (Å²) in [5, 5.41) is 0. The van der Waals surface area contributed by atoms with Crippen molar-refractivity contribution in [3.63, 3.8) is 0 Å². The van der Waals surface area contributed by atoms with Gasteiger partial charge in [0.15, 0.2) is 0 Å². The van der Waals surface area contributed by atoms with Crippen LogP contribution in [0.2, 0.25) is 0 Å². The molecular formula is C15H19BrN2OS. The first kappa shape index (κ1) is 14.4. The Morgan fingerprint density at radius 3 is 2.85 bits per heavy atom. The van der Waals surface area contributed by atoms with Gasteiger partial charge in [-0.2, -0.15) is 0 Å². The van der Waals surface area contributed by atoms with Crippen LogP contribution in [0.25, 0.3) is 0 Å². The summed E-state index contributed by atoms with van der Waals surface area (Å²) in [4.78, 5) is 14.7. The fourth-order valence-electron chi connectivity index (χ4n) is 2.98. The number of anilines is 1. The van der Waals surface area contributed by atoms with E-state index in [1.807, 2.05) is 4.90 Å². The summed E-state index contributed by atoms with van der Waals surface area (Å²) in [5.41, 5.74) is 2.34. The van der Waals surface area contributed by atoms with Crippen LogP contribution in [0, 0.1) is 0 Å². The predicted molar refractivity (Wildman–Crippen MR) is 87.1 cm³/mol. The summed E-state index contributed by atoms with van der Waals surface area (Å²) in [6.07, 6.45) is 6.17. The third kappa shape index (κ3) is 2.90. The van der Waals surface area contributed by atoms with Gasteiger partial charge in [-0.05, 0) is 64.8 Å². The molecule has 1 N–H and O–H groups in total. The highest BCUT2D eigenvalue weighted by molar-refractivity contribution is 9.10. The average Bonchev–Trinajstić information content (AvgIpc) is 3.04. The molecule has 0 spiro atoms. The molecule has 2 aliphatic rings. The number of hydrogen-bond donors (Lipinski definition) is 1. The number of nitrogens with one attached hydrogen (secondary N) is 1. The smallest absolute Gasteiger partial charge is 0.223 e. The monoisotopic (exact) mass is 354 g/mol. The lowest BCUT2D eigenvalue weighted by atomic mass is 10.2. The first-order valence-corrected chi connectivity index (χ1v) is 8.79. The van der Waals surface area contributed by atoms with Crippen molar-refractivity contribution in [1.82, 2.24) is 4.72 Å². The number of nitrogens with zero attached hydrogens (tertiary/aromatic N) is 1. The Balaban J connectivity index is 1.77. The van der Waals surface area contributed by atoms with Gasteiger partial charge in [-0.1, -0.05) is 12.8 Å². The van der Waals surface area contributed by atoms with Crippen LogP contribution in [0.3, 0.4) is 0 Å². The largest absolute Gasteiger partial charge is 0.312 e. The van der Waals surface area contributed by atoms with Crippen LogP contribution in [0.15, 0.2) is 21.5 Å². The maximum absolute atomic E-state index is 11.7. The van der Waals surface area contributed by atoms with E-state index < -0.39 is 0 Å². The minimum Gasteiger partial charge on any atom is -0.312 e. The van der Waals surface area contributed by atoms with Gasteiger partial charge in [0.2, 0.25) is 5.91 Å². The van der Waals surface area contributed by atoms with Gasteiger partial charge in [0, 0.05) is 34.6 Å².